The Balaban J connectivity index is 0. The van der Waals surface area contributed by atoms with Crippen LogP contribution in [0.25, 0.3) is 0 Å². The molecular weight excluding hydrogens is 94.1 g/mol. The van der Waals surface area contributed by atoms with Crippen LogP contribution in [-0.4, -0.2) is 33.8 Å². The van der Waals surface area contributed by atoms with E-state index in [4.69, 9.17) is 0 Å². The predicted octanol–water partition coefficient (Wildman–Crippen LogP) is -6.34. The minimum absolute atomic E-state index is 0. The van der Waals surface area contributed by atoms with E-state index < -0.39 is 0 Å². The van der Waals surface area contributed by atoms with Gasteiger partial charge >= 0.3 is 29.6 Å². The van der Waals surface area contributed by atoms with Crippen molar-refractivity contribution in [3.8, 4) is 0 Å². The third-order valence-corrected chi connectivity index (χ3v) is 0. The van der Waals surface area contributed by atoms with E-state index in [9.17, 15) is 0 Å². The molecule has 4 heavy (non-hydrogen) atoms. The number of hydrogen-bond donors (Lipinski definition) is 0. The summed E-state index contributed by atoms with van der Waals surface area (Å²) in [5.74, 6) is 0. The first-order valence-electron chi connectivity index (χ1n) is 0. The zero-order chi connectivity index (χ0) is 0. The topological polar surface area (TPSA) is 31.5 Å². The zero-order valence-corrected chi connectivity index (χ0v) is 3.50. The molecule has 0 unspecified atom stereocenters. The first kappa shape index (κ1) is 43.3. The number of rotatable bonds is 0. The molecule has 0 aliphatic carbocycles. The second-order valence-electron chi connectivity index (χ2n) is 0. The van der Waals surface area contributed by atoms with Gasteiger partial charge in [-0.3, -0.25) is 0 Å². The maximum absolute atomic E-state index is 0. The van der Waals surface area contributed by atoms with Gasteiger partial charge < -0.3 is 6.90 Å². The van der Waals surface area contributed by atoms with Gasteiger partial charge in [0.1, 0.15) is 0 Å². The largest absolute Gasteiger partial charge is 1.00 e. The normalized spacial score (nSPS) is 0. The average Bonchev–Trinajstić information content (AvgIpc) is 0. The molecule has 4 heteroatoms. The fourth-order valence-electron chi connectivity index (χ4n) is 0. The molecule has 2 N–H and O–H groups in total. The molecule has 0 fully saturated rings. The minimum atomic E-state index is 0. The quantitative estimate of drug-likeness (QED) is 0.274. The molecule has 1 nitrogen and oxygen atoms in total. The van der Waals surface area contributed by atoms with Crippen LogP contribution in [0.3, 0.4) is 0 Å². The van der Waals surface area contributed by atoms with E-state index in [1.54, 1.807) is 0 Å². The van der Waals surface area contributed by atoms with Gasteiger partial charge in [0.15, 0.2) is 17.4 Å². The Morgan fingerprint density at radius 1 is 1.25 bits per heavy atom. The van der Waals surface area contributed by atoms with Gasteiger partial charge in [0.05, 0.1) is 0 Å². The Morgan fingerprint density at radius 2 is 1.25 bits per heavy atom. The monoisotopic (exact) mass is 104 g/mol. The first-order valence-corrected chi connectivity index (χ1v) is 0. The van der Waals surface area contributed by atoms with Crippen LogP contribution in [0.5, 0.6) is 0 Å². The molecule has 0 amide bonds. The SMILES string of the molecule is O.[AlH3].[H-].[Na+].[SiH4]. The Bertz CT molecular complexity index is 11.6. The van der Waals surface area contributed by atoms with Crippen LogP contribution in [0.4, 0.5) is 0 Å². The van der Waals surface area contributed by atoms with Crippen LogP contribution in [-0.2, 0) is 0 Å². The van der Waals surface area contributed by atoms with Gasteiger partial charge in [-0.2, -0.15) is 0 Å². The summed E-state index contributed by atoms with van der Waals surface area (Å²) in [6.45, 7) is 0. The molecule has 0 aromatic heterocycles. The summed E-state index contributed by atoms with van der Waals surface area (Å²) in [5, 5.41) is 0. The fourth-order valence-corrected chi connectivity index (χ4v) is 0. The van der Waals surface area contributed by atoms with Gasteiger partial charge in [0, 0.05) is 0 Å². The third kappa shape index (κ3) is 9.32. The molecule has 0 saturated heterocycles. The van der Waals surface area contributed by atoms with E-state index in [-0.39, 0.29) is 64.8 Å². The van der Waals surface area contributed by atoms with Crippen molar-refractivity contribution in [2.24, 2.45) is 0 Å². The van der Waals surface area contributed by atoms with Gasteiger partial charge in [0.25, 0.3) is 0 Å². The van der Waals surface area contributed by atoms with Gasteiger partial charge in [0.2, 0.25) is 0 Å². The van der Waals surface area contributed by atoms with Gasteiger partial charge in [-0.05, 0) is 11.0 Å². The average molecular weight is 104 g/mol. The molecule has 0 atom stereocenters. The van der Waals surface area contributed by atoms with Crippen molar-refractivity contribution < 1.29 is 36.5 Å². The van der Waals surface area contributed by atoms with E-state index in [1.165, 1.54) is 0 Å². The van der Waals surface area contributed by atoms with Crippen molar-refractivity contribution in [3.05, 3.63) is 0 Å². The molecule has 0 saturated carbocycles. The van der Waals surface area contributed by atoms with E-state index in [0.29, 0.717) is 0 Å². The summed E-state index contributed by atoms with van der Waals surface area (Å²) in [7, 11) is 0. The Morgan fingerprint density at radius 3 is 1.25 bits per heavy atom. The maximum Gasteiger partial charge on any atom is 1.00 e. The smallest absolute Gasteiger partial charge is 1.00 e. The minimum Gasteiger partial charge on any atom is -1.00 e. The van der Waals surface area contributed by atoms with Crippen molar-refractivity contribution in [2.75, 3.05) is 0 Å². The summed E-state index contributed by atoms with van der Waals surface area (Å²) in [6, 6.07) is 0. The van der Waals surface area contributed by atoms with E-state index >= 15 is 0 Å². The summed E-state index contributed by atoms with van der Waals surface area (Å²) < 4.78 is 0. The van der Waals surface area contributed by atoms with Crippen molar-refractivity contribution in [3.63, 3.8) is 0 Å². The summed E-state index contributed by atoms with van der Waals surface area (Å²) in [5.41, 5.74) is 0. The molecule has 0 radical (unpaired) electrons. The van der Waals surface area contributed by atoms with Crippen LogP contribution >= 0.6 is 0 Å². The predicted molar refractivity (Wildman–Crippen MR) is 26.0 cm³/mol. The fraction of sp³-hybridized carbons (Fsp3) is 0. The Hall–Kier alpha value is 1.71. The Kier molecular flexibility index (Phi) is 240. The maximum atomic E-state index is 0. The van der Waals surface area contributed by atoms with E-state index in [2.05, 4.69) is 0 Å². The molecule has 0 aromatic rings. The summed E-state index contributed by atoms with van der Waals surface area (Å²) >= 11 is 0. The number of hydrogen-bond acceptors (Lipinski definition) is 0. The van der Waals surface area contributed by atoms with Crippen LogP contribution in [0.1, 0.15) is 1.43 Å². The summed E-state index contributed by atoms with van der Waals surface area (Å²) in [4.78, 5) is 0. The standard InChI is InChI=1S/Al.Na.H2O.H4Si.4H/h;;1H2;1H4;;;;/q;+1;;;;;;-1. The van der Waals surface area contributed by atoms with Crippen LogP contribution < -0.4 is 29.6 Å². The molecular formula is H10AlNaOSi. The molecule has 0 aliphatic rings. The van der Waals surface area contributed by atoms with Crippen LogP contribution in [0.15, 0.2) is 0 Å². The van der Waals surface area contributed by atoms with Crippen LogP contribution in [0, 0.1) is 0 Å². The van der Waals surface area contributed by atoms with Gasteiger partial charge in [-0.15, -0.1) is 0 Å². The molecule has 0 rings (SSSR count). The second kappa shape index (κ2) is 22.2. The van der Waals surface area contributed by atoms with Crippen molar-refractivity contribution in [1.29, 1.82) is 0 Å². The van der Waals surface area contributed by atoms with E-state index in [1.807, 2.05) is 0 Å². The molecule has 0 aliphatic heterocycles. The molecule has 0 heterocycles. The second-order valence-corrected chi connectivity index (χ2v) is 0. The van der Waals surface area contributed by atoms with Crippen molar-refractivity contribution in [1.82, 2.24) is 0 Å². The van der Waals surface area contributed by atoms with Crippen molar-refractivity contribution in [2.45, 2.75) is 0 Å². The van der Waals surface area contributed by atoms with Crippen molar-refractivity contribution >= 4 is 28.3 Å². The summed E-state index contributed by atoms with van der Waals surface area (Å²) in [6.07, 6.45) is 0. The third-order valence-electron chi connectivity index (χ3n) is 0. The van der Waals surface area contributed by atoms with Gasteiger partial charge in [-0.1, -0.05) is 0 Å². The Labute approximate surface area is 64.4 Å². The van der Waals surface area contributed by atoms with E-state index in [0.717, 1.165) is 0 Å². The first-order chi connectivity index (χ1) is 0. The zero-order valence-electron chi connectivity index (χ0n) is 2.50. The van der Waals surface area contributed by atoms with Crippen LogP contribution in [0.2, 0.25) is 0 Å². The molecule has 0 aromatic carbocycles. The molecule has 0 spiro atoms. The molecule has 0 bridgehead atoms. The van der Waals surface area contributed by atoms with Gasteiger partial charge in [-0.25, -0.2) is 0 Å². The molecule has 24 valence electrons.